The van der Waals surface area contributed by atoms with Gasteiger partial charge in [-0.15, -0.1) is 0 Å². The zero-order valence-corrected chi connectivity index (χ0v) is 10.8. The van der Waals surface area contributed by atoms with Crippen molar-refractivity contribution in [2.75, 3.05) is 7.11 Å². The number of fused-ring (bicyclic) bond motifs is 1. The normalized spacial score (nSPS) is 16.4. The van der Waals surface area contributed by atoms with E-state index in [1.165, 1.54) is 0 Å². The largest absolute Gasteiger partial charge is 0.496 e. The van der Waals surface area contributed by atoms with Crippen molar-refractivity contribution >= 4 is 28.8 Å². The fraction of sp³-hybridized carbons (Fsp3) is 0.0667. The minimum absolute atomic E-state index is 0.213. The van der Waals surface area contributed by atoms with Gasteiger partial charge in [-0.05, 0) is 22.9 Å². The highest BCUT2D eigenvalue weighted by Crippen LogP contribution is 2.30. The van der Waals surface area contributed by atoms with Gasteiger partial charge in [0.1, 0.15) is 11.4 Å². The van der Waals surface area contributed by atoms with Gasteiger partial charge in [0, 0.05) is 5.56 Å². The van der Waals surface area contributed by atoms with Crippen LogP contribution < -0.4 is 15.4 Å². The molecule has 5 nitrogen and oxygen atoms in total. The summed E-state index contributed by atoms with van der Waals surface area (Å²) in [5, 5.41) is 6.63. The third-order valence-electron chi connectivity index (χ3n) is 3.16. The first kappa shape index (κ1) is 12.2. The van der Waals surface area contributed by atoms with E-state index in [0.29, 0.717) is 5.75 Å². The van der Waals surface area contributed by atoms with E-state index in [1.807, 2.05) is 36.4 Å². The Bertz CT molecular complexity index is 750. The van der Waals surface area contributed by atoms with Crippen LogP contribution in [0.4, 0.5) is 4.79 Å². The first-order valence-corrected chi connectivity index (χ1v) is 6.09. The second-order valence-electron chi connectivity index (χ2n) is 4.37. The zero-order valence-electron chi connectivity index (χ0n) is 10.8. The molecule has 0 atom stereocenters. The van der Waals surface area contributed by atoms with Crippen molar-refractivity contribution in [1.29, 1.82) is 0 Å². The molecule has 0 radical (unpaired) electrons. The van der Waals surface area contributed by atoms with Crippen molar-refractivity contribution in [3.63, 3.8) is 0 Å². The summed E-state index contributed by atoms with van der Waals surface area (Å²) < 4.78 is 5.34. The zero-order chi connectivity index (χ0) is 14.1. The number of ether oxygens (including phenoxy) is 1. The predicted molar refractivity (Wildman–Crippen MR) is 75.2 cm³/mol. The molecule has 3 rings (SSSR count). The summed E-state index contributed by atoms with van der Waals surface area (Å²) in [6.07, 6.45) is 1.63. The van der Waals surface area contributed by atoms with E-state index in [-0.39, 0.29) is 5.70 Å². The Morgan fingerprint density at radius 2 is 1.85 bits per heavy atom. The van der Waals surface area contributed by atoms with E-state index in [9.17, 15) is 9.59 Å². The maximum atomic E-state index is 11.6. The molecule has 0 saturated carbocycles. The highest BCUT2D eigenvalue weighted by Gasteiger charge is 2.23. The monoisotopic (exact) mass is 268 g/mol. The number of hydrogen-bond acceptors (Lipinski definition) is 3. The molecule has 0 unspecified atom stereocenters. The fourth-order valence-electron chi connectivity index (χ4n) is 2.23. The molecule has 1 saturated heterocycles. The Kier molecular flexibility index (Phi) is 2.87. The predicted octanol–water partition coefficient (Wildman–Crippen LogP) is 2.03. The van der Waals surface area contributed by atoms with Crippen LogP contribution in [0.3, 0.4) is 0 Å². The van der Waals surface area contributed by atoms with Gasteiger partial charge in [0.05, 0.1) is 7.11 Å². The number of imide groups is 1. The lowest BCUT2D eigenvalue weighted by Gasteiger charge is -2.09. The molecule has 1 fully saturated rings. The molecule has 2 N–H and O–H groups in total. The molecule has 0 spiro atoms. The van der Waals surface area contributed by atoms with Gasteiger partial charge in [-0.2, -0.15) is 0 Å². The van der Waals surface area contributed by atoms with E-state index in [4.69, 9.17) is 4.74 Å². The van der Waals surface area contributed by atoms with Crippen LogP contribution in [0.1, 0.15) is 5.56 Å². The minimum atomic E-state index is -0.513. The Balaban J connectivity index is 2.21. The van der Waals surface area contributed by atoms with Gasteiger partial charge in [-0.3, -0.25) is 10.1 Å². The number of nitrogens with one attached hydrogen (secondary N) is 2. The van der Waals surface area contributed by atoms with Crippen LogP contribution in [0.2, 0.25) is 0 Å². The topological polar surface area (TPSA) is 67.4 Å². The van der Waals surface area contributed by atoms with Crippen molar-refractivity contribution in [2.45, 2.75) is 0 Å². The molecule has 1 aliphatic rings. The molecule has 1 aliphatic heterocycles. The fourth-order valence-corrected chi connectivity index (χ4v) is 2.23. The van der Waals surface area contributed by atoms with Gasteiger partial charge in [0.25, 0.3) is 5.91 Å². The van der Waals surface area contributed by atoms with E-state index < -0.39 is 11.9 Å². The minimum Gasteiger partial charge on any atom is -0.496 e. The van der Waals surface area contributed by atoms with Gasteiger partial charge in [-0.1, -0.05) is 30.3 Å². The number of carbonyl (C=O) groups excluding carboxylic acids is 2. The molecule has 2 aromatic rings. The van der Waals surface area contributed by atoms with Crippen molar-refractivity contribution in [3.05, 3.63) is 47.7 Å². The van der Waals surface area contributed by atoms with Gasteiger partial charge in [0.2, 0.25) is 0 Å². The van der Waals surface area contributed by atoms with Crippen molar-refractivity contribution in [2.24, 2.45) is 0 Å². The first-order valence-electron chi connectivity index (χ1n) is 6.09. The quantitative estimate of drug-likeness (QED) is 0.647. The average molecular weight is 268 g/mol. The lowest BCUT2D eigenvalue weighted by Crippen LogP contribution is -2.22. The number of rotatable bonds is 2. The van der Waals surface area contributed by atoms with Crippen LogP contribution in [0.25, 0.3) is 16.8 Å². The second kappa shape index (κ2) is 4.70. The second-order valence-corrected chi connectivity index (χ2v) is 4.37. The number of hydrogen-bond donors (Lipinski definition) is 2. The Morgan fingerprint density at radius 3 is 2.55 bits per heavy atom. The van der Waals surface area contributed by atoms with Gasteiger partial charge >= 0.3 is 6.03 Å². The molecule has 5 heteroatoms. The molecule has 0 bridgehead atoms. The van der Waals surface area contributed by atoms with Crippen LogP contribution in [0.5, 0.6) is 5.75 Å². The highest BCUT2D eigenvalue weighted by atomic mass is 16.5. The molecule has 3 amide bonds. The smallest absolute Gasteiger partial charge is 0.326 e. The SMILES string of the molecule is COc1ccc2ccccc2c1C=C1NC(=O)NC1=O. The number of amides is 3. The van der Waals surface area contributed by atoms with E-state index in [0.717, 1.165) is 16.3 Å². The summed E-state index contributed by atoms with van der Waals surface area (Å²) in [6.45, 7) is 0. The maximum Gasteiger partial charge on any atom is 0.326 e. The molecule has 2 aromatic carbocycles. The van der Waals surface area contributed by atoms with Gasteiger partial charge in [0.15, 0.2) is 0 Å². The number of carbonyl (C=O) groups is 2. The number of benzene rings is 2. The van der Waals surface area contributed by atoms with Gasteiger partial charge < -0.3 is 10.1 Å². The van der Waals surface area contributed by atoms with Crippen LogP contribution in [0, 0.1) is 0 Å². The Morgan fingerprint density at radius 1 is 1.05 bits per heavy atom. The lowest BCUT2D eigenvalue weighted by atomic mass is 10.0. The number of urea groups is 1. The van der Waals surface area contributed by atoms with Crippen LogP contribution >= 0.6 is 0 Å². The molecular formula is C15H12N2O3. The Hall–Kier alpha value is -2.82. The number of methoxy groups -OCH3 is 1. The average Bonchev–Trinajstić information content (AvgIpc) is 2.77. The highest BCUT2D eigenvalue weighted by molar-refractivity contribution is 6.14. The molecular weight excluding hydrogens is 256 g/mol. The summed E-state index contributed by atoms with van der Waals surface area (Å²) in [5.41, 5.74) is 0.975. The molecule has 0 aromatic heterocycles. The maximum absolute atomic E-state index is 11.6. The molecule has 1 heterocycles. The Labute approximate surface area is 115 Å². The van der Waals surface area contributed by atoms with Crippen LogP contribution in [-0.4, -0.2) is 19.0 Å². The summed E-state index contributed by atoms with van der Waals surface area (Å²) in [5.74, 6) is 0.204. The summed E-state index contributed by atoms with van der Waals surface area (Å²) in [4.78, 5) is 22.8. The van der Waals surface area contributed by atoms with E-state index in [1.54, 1.807) is 13.2 Å². The third kappa shape index (κ3) is 1.99. The van der Waals surface area contributed by atoms with Crippen LogP contribution in [0.15, 0.2) is 42.1 Å². The van der Waals surface area contributed by atoms with Gasteiger partial charge in [-0.25, -0.2) is 4.79 Å². The summed E-state index contributed by atoms with van der Waals surface area (Å²) in [7, 11) is 1.57. The van der Waals surface area contributed by atoms with E-state index >= 15 is 0 Å². The lowest BCUT2D eigenvalue weighted by molar-refractivity contribution is -0.115. The molecule has 100 valence electrons. The van der Waals surface area contributed by atoms with Crippen molar-refractivity contribution in [3.8, 4) is 5.75 Å². The third-order valence-corrected chi connectivity index (χ3v) is 3.16. The van der Waals surface area contributed by atoms with E-state index in [2.05, 4.69) is 10.6 Å². The molecule has 0 aliphatic carbocycles. The van der Waals surface area contributed by atoms with Crippen molar-refractivity contribution < 1.29 is 14.3 Å². The first-order chi connectivity index (χ1) is 9.69. The standard InChI is InChI=1S/C15H12N2O3/c1-20-13-7-6-9-4-2-3-5-10(9)11(13)8-12-14(18)17-15(19)16-12/h2-8H,1H3,(H2,16,17,18,19). The van der Waals surface area contributed by atoms with Crippen LogP contribution in [-0.2, 0) is 4.79 Å². The summed E-state index contributed by atoms with van der Waals surface area (Å²) in [6, 6.07) is 11.0. The molecule has 20 heavy (non-hydrogen) atoms. The van der Waals surface area contributed by atoms with Crippen molar-refractivity contribution in [1.82, 2.24) is 10.6 Å². The summed E-state index contributed by atoms with van der Waals surface area (Å²) >= 11 is 0.